The zero-order valence-electron chi connectivity index (χ0n) is 23.3. The number of aryl methyl sites for hydroxylation is 1. The molecule has 8 heteroatoms. The summed E-state index contributed by atoms with van der Waals surface area (Å²) in [5, 5.41) is 1.17. The fraction of sp³-hybridized carbons (Fsp3) is 0.250. The van der Waals surface area contributed by atoms with Crippen molar-refractivity contribution in [1.29, 1.82) is 0 Å². The standard InChI is InChI=1S/C32H31Cl2N3O3/c1-18(2)36-27(24-15-21(31(38)35(4)5)10-14-28(24)40-6)17-25-30(36)29(20-8-12-22(33)13-9-20)37(32(25)39)26-16-23(34)11-7-19(26)3/h7-18,29H,1-6H3. The minimum atomic E-state index is -0.425. The first-order chi connectivity index (χ1) is 19.0. The quantitative estimate of drug-likeness (QED) is 0.235. The summed E-state index contributed by atoms with van der Waals surface area (Å²) in [6.45, 7) is 6.14. The van der Waals surface area contributed by atoms with Gasteiger partial charge in [-0.15, -0.1) is 0 Å². The van der Waals surface area contributed by atoms with E-state index in [-0.39, 0.29) is 17.9 Å². The van der Waals surface area contributed by atoms with E-state index in [1.54, 1.807) is 38.2 Å². The molecule has 5 rings (SSSR count). The summed E-state index contributed by atoms with van der Waals surface area (Å²) in [5.74, 6) is 0.378. The maximum atomic E-state index is 14.3. The van der Waals surface area contributed by atoms with Crippen LogP contribution in [0.25, 0.3) is 11.3 Å². The molecule has 4 aromatic rings. The highest BCUT2D eigenvalue weighted by molar-refractivity contribution is 6.31. The molecule has 1 atom stereocenters. The van der Waals surface area contributed by atoms with Crippen molar-refractivity contribution in [2.24, 2.45) is 0 Å². The number of hydrogen-bond donors (Lipinski definition) is 0. The van der Waals surface area contributed by atoms with Crippen LogP contribution in [0.5, 0.6) is 5.75 Å². The van der Waals surface area contributed by atoms with Gasteiger partial charge in [-0.1, -0.05) is 41.4 Å². The number of hydrogen-bond acceptors (Lipinski definition) is 3. The second-order valence-corrected chi connectivity index (χ2v) is 11.3. The summed E-state index contributed by atoms with van der Waals surface area (Å²) in [5.41, 5.74) is 6.15. The molecule has 0 N–H and O–H groups in total. The molecule has 1 aliphatic heterocycles. The van der Waals surface area contributed by atoms with E-state index < -0.39 is 6.04 Å². The summed E-state index contributed by atoms with van der Waals surface area (Å²) < 4.78 is 7.91. The Kier molecular flexibility index (Phi) is 7.42. The Morgan fingerprint density at radius 1 is 0.925 bits per heavy atom. The van der Waals surface area contributed by atoms with E-state index in [2.05, 4.69) is 18.4 Å². The van der Waals surface area contributed by atoms with Crippen LogP contribution in [-0.4, -0.2) is 42.5 Å². The summed E-state index contributed by atoms with van der Waals surface area (Å²) in [6.07, 6.45) is 0. The Labute approximate surface area is 244 Å². The smallest absolute Gasteiger partial charge is 0.261 e. The second kappa shape index (κ2) is 10.7. The number of carbonyl (C=O) groups excluding carboxylic acids is 2. The average Bonchev–Trinajstić information content (AvgIpc) is 3.45. The first-order valence-corrected chi connectivity index (χ1v) is 13.8. The lowest BCUT2D eigenvalue weighted by Crippen LogP contribution is -2.30. The predicted molar refractivity (Wildman–Crippen MR) is 161 cm³/mol. The molecule has 0 spiro atoms. The monoisotopic (exact) mass is 575 g/mol. The van der Waals surface area contributed by atoms with Gasteiger partial charge in [0.1, 0.15) is 11.8 Å². The molecular formula is C32H31Cl2N3O3. The van der Waals surface area contributed by atoms with Gasteiger partial charge in [-0.3, -0.25) is 14.5 Å². The highest BCUT2D eigenvalue weighted by Crippen LogP contribution is 2.48. The lowest BCUT2D eigenvalue weighted by molar-refractivity contribution is 0.0827. The van der Waals surface area contributed by atoms with Gasteiger partial charge >= 0.3 is 0 Å². The summed E-state index contributed by atoms with van der Waals surface area (Å²) in [6, 6.07) is 20.0. The van der Waals surface area contributed by atoms with Crippen molar-refractivity contribution in [2.45, 2.75) is 32.9 Å². The molecule has 0 fully saturated rings. The molecule has 0 aliphatic carbocycles. The first kappa shape index (κ1) is 27.8. The first-order valence-electron chi connectivity index (χ1n) is 13.0. The molecule has 40 heavy (non-hydrogen) atoms. The molecular weight excluding hydrogens is 545 g/mol. The Hall–Kier alpha value is -3.74. The maximum Gasteiger partial charge on any atom is 0.261 e. The lowest BCUT2D eigenvalue weighted by atomic mass is 10.0. The Balaban J connectivity index is 1.79. The van der Waals surface area contributed by atoms with Crippen molar-refractivity contribution in [2.75, 3.05) is 26.1 Å². The van der Waals surface area contributed by atoms with E-state index in [0.717, 1.165) is 33.8 Å². The van der Waals surface area contributed by atoms with Crippen molar-refractivity contribution >= 4 is 40.7 Å². The Bertz CT molecular complexity index is 1620. The predicted octanol–water partition coefficient (Wildman–Crippen LogP) is 7.81. The molecule has 0 radical (unpaired) electrons. The van der Waals surface area contributed by atoms with Crippen molar-refractivity contribution in [3.8, 4) is 17.0 Å². The molecule has 2 heterocycles. The van der Waals surface area contributed by atoms with Crippen LogP contribution >= 0.6 is 23.2 Å². The van der Waals surface area contributed by atoms with E-state index in [1.165, 1.54) is 0 Å². The van der Waals surface area contributed by atoms with E-state index >= 15 is 0 Å². The molecule has 0 saturated heterocycles. The lowest BCUT2D eigenvalue weighted by Gasteiger charge is -2.30. The summed E-state index contributed by atoms with van der Waals surface area (Å²) >= 11 is 12.7. The maximum absolute atomic E-state index is 14.3. The molecule has 206 valence electrons. The van der Waals surface area contributed by atoms with E-state index in [1.807, 2.05) is 66.4 Å². The molecule has 1 aromatic heterocycles. The number of methoxy groups -OCH3 is 1. The van der Waals surface area contributed by atoms with Crippen molar-refractivity contribution in [3.05, 3.63) is 105 Å². The normalized spacial score (nSPS) is 14.6. The molecule has 2 amide bonds. The molecule has 3 aromatic carbocycles. The third kappa shape index (κ3) is 4.65. The van der Waals surface area contributed by atoms with Crippen molar-refractivity contribution < 1.29 is 14.3 Å². The Morgan fingerprint density at radius 3 is 2.23 bits per heavy atom. The van der Waals surface area contributed by atoms with Crippen LogP contribution in [0.4, 0.5) is 5.69 Å². The van der Waals surface area contributed by atoms with Crippen LogP contribution in [-0.2, 0) is 0 Å². The van der Waals surface area contributed by atoms with Crippen LogP contribution in [0.15, 0.2) is 66.7 Å². The Morgan fingerprint density at radius 2 is 1.60 bits per heavy atom. The number of amides is 2. The summed E-state index contributed by atoms with van der Waals surface area (Å²) in [7, 11) is 5.05. The molecule has 1 aliphatic rings. The summed E-state index contributed by atoms with van der Waals surface area (Å²) in [4.78, 5) is 30.5. The van der Waals surface area contributed by atoms with E-state index in [9.17, 15) is 9.59 Å². The van der Waals surface area contributed by atoms with Crippen LogP contribution < -0.4 is 9.64 Å². The van der Waals surface area contributed by atoms with Gasteiger partial charge < -0.3 is 14.2 Å². The van der Waals surface area contributed by atoms with Crippen LogP contribution in [0, 0.1) is 6.92 Å². The topological polar surface area (TPSA) is 54.8 Å². The zero-order chi connectivity index (χ0) is 28.9. The minimum Gasteiger partial charge on any atom is -0.496 e. The number of aromatic nitrogens is 1. The van der Waals surface area contributed by atoms with Gasteiger partial charge in [0, 0.05) is 47.0 Å². The van der Waals surface area contributed by atoms with Crippen LogP contribution in [0.2, 0.25) is 10.0 Å². The number of carbonyl (C=O) groups is 2. The third-order valence-corrected chi connectivity index (χ3v) is 7.79. The van der Waals surface area contributed by atoms with Crippen molar-refractivity contribution in [1.82, 2.24) is 9.47 Å². The minimum absolute atomic E-state index is 0.0142. The molecule has 1 unspecified atom stereocenters. The van der Waals surface area contributed by atoms with Crippen LogP contribution in [0.1, 0.15) is 63.5 Å². The number of benzene rings is 3. The molecule has 0 saturated carbocycles. The van der Waals surface area contributed by atoms with Crippen molar-refractivity contribution in [3.63, 3.8) is 0 Å². The number of anilines is 1. The molecule has 6 nitrogen and oxygen atoms in total. The number of rotatable bonds is 6. The molecule has 0 bridgehead atoms. The van der Waals surface area contributed by atoms with E-state index in [4.69, 9.17) is 27.9 Å². The van der Waals surface area contributed by atoms with Gasteiger partial charge in [0.15, 0.2) is 0 Å². The SMILES string of the molecule is COc1ccc(C(=O)N(C)C)cc1-c1cc2c(n1C(C)C)C(c1ccc(Cl)cc1)N(c1cc(Cl)ccc1C)C2=O. The van der Waals surface area contributed by atoms with Crippen LogP contribution in [0.3, 0.4) is 0 Å². The third-order valence-electron chi connectivity index (χ3n) is 7.30. The number of halogens is 2. The highest BCUT2D eigenvalue weighted by atomic mass is 35.5. The zero-order valence-corrected chi connectivity index (χ0v) is 24.8. The van der Waals surface area contributed by atoms with Gasteiger partial charge in [0.05, 0.1) is 24.1 Å². The van der Waals surface area contributed by atoms with E-state index in [0.29, 0.717) is 26.9 Å². The highest BCUT2D eigenvalue weighted by Gasteiger charge is 2.44. The second-order valence-electron chi connectivity index (χ2n) is 10.5. The number of fused-ring (bicyclic) bond motifs is 1. The average molecular weight is 577 g/mol. The van der Waals surface area contributed by atoms with Gasteiger partial charge in [0.25, 0.3) is 11.8 Å². The number of ether oxygens (including phenoxy) is 1. The van der Waals surface area contributed by atoms with Gasteiger partial charge in [-0.05, 0) is 80.4 Å². The number of nitrogens with zero attached hydrogens (tertiary/aromatic N) is 3. The van der Waals surface area contributed by atoms with Gasteiger partial charge in [-0.25, -0.2) is 0 Å². The largest absolute Gasteiger partial charge is 0.496 e. The van der Waals surface area contributed by atoms with Gasteiger partial charge in [0.2, 0.25) is 0 Å². The fourth-order valence-corrected chi connectivity index (χ4v) is 5.76. The fourth-order valence-electron chi connectivity index (χ4n) is 5.47. The van der Waals surface area contributed by atoms with Gasteiger partial charge in [-0.2, -0.15) is 0 Å².